The molecule has 1 saturated heterocycles. The summed E-state index contributed by atoms with van der Waals surface area (Å²) in [6.45, 7) is 9.18. The lowest BCUT2D eigenvalue weighted by atomic mass is 10.1. The smallest absolute Gasteiger partial charge is 0.410 e. The van der Waals surface area contributed by atoms with Gasteiger partial charge in [0.15, 0.2) is 0 Å². The Morgan fingerprint density at radius 3 is 2.95 bits per heavy atom. The van der Waals surface area contributed by atoms with Crippen LogP contribution >= 0.6 is 0 Å². The van der Waals surface area contributed by atoms with Crippen LogP contribution in [0, 0.1) is 0 Å². The number of aryl methyl sites for hydroxylation is 1. The molecule has 0 saturated carbocycles. The fourth-order valence-electron chi connectivity index (χ4n) is 2.49. The number of rotatable bonds is 3. The Kier molecular flexibility index (Phi) is 5.08. The molecule has 1 aromatic rings. The van der Waals surface area contributed by atoms with Gasteiger partial charge in [0, 0.05) is 19.3 Å². The summed E-state index contributed by atoms with van der Waals surface area (Å²) in [4.78, 5) is 13.9. The van der Waals surface area contributed by atoms with E-state index < -0.39 is 23.8 Å². The first-order chi connectivity index (χ1) is 10.3. The Morgan fingerprint density at radius 2 is 2.32 bits per heavy atom. The van der Waals surface area contributed by atoms with E-state index in [2.05, 4.69) is 5.10 Å². The second-order valence-corrected chi connectivity index (χ2v) is 6.33. The lowest BCUT2D eigenvalue weighted by Gasteiger charge is -2.38. The van der Waals surface area contributed by atoms with Crippen molar-refractivity contribution in [2.24, 2.45) is 0 Å². The number of nitrogens with zero attached hydrogens (tertiary/aromatic N) is 3. The van der Waals surface area contributed by atoms with Gasteiger partial charge in [0.25, 0.3) is 0 Å². The monoisotopic (exact) mass is 311 g/mol. The van der Waals surface area contributed by atoms with Crippen LogP contribution in [0.25, 0.3) is 0 Å². The first-order valence-corrected chi connectivity index (χ1v) is 7.60. The molecule has 0 aromatic carbocycles. The highest BCUT2D eigenvalue weighted by Gasteiger charge is 2.37. The van der Waals surface area contributed by atoms with Crippen molar-refractivity contribution in [3.63, 3.8) is 0 Å². The molecule has 1 N–H and O–H groups in total. The average molecular weight is 311 g/mol. The van der Waals surface area contributed by atoms with Gasteiger partial charge in [-0.15, -0.1) is 0 Å². The number of hydrogen-bond acceptors (Lipinski definition) is 5. The molecule has 2 rings (SSSR count). The fraction of sp³-hybridized carbons (Fsp3) is 0.733. The second kappa shape index (κ2) is 6.66. The molecule has 1 amide bonds. The van der Waals surface area contributed by atoms with E-state index in [1.54, 1.807) is 21.8 Å². The molecule has 22 heavy (non-hydrogen) atoms. The molecule has 1 aliphatic rings. The van der Waals surface area contributed by atoms with Crippen LogP contribution in [-0.4, -0.2) is 57.3 Å². The van der Waals surface area contributed by atoms with Crippen LogP contribution in [-0.2, 0) is 16.0 Å². The van der Waals surface area contributed by atoms with E-state index in [1.807, 2.05) is 27.7 Å². The topological polar surface area (TPSA) is 76.8 Å². The Bertz CT molecular complexity index is 509. The molecular weight excluding hydrogens is 286 g/mol. The quantitative estimate of drug-likeness (QED) is 0.917. The summed E-state index contributed by atoms with van der Waals surface area (Å²) in [5.41, 5.74) is 0.0994. The molecule has 0 radical (unpaired) electrons. The minimum absolute atomic E-state index is 0.273. The average Bonchev–Trinajstić information content (AvgIpc) is 2.93. The molecule has 2 unspecified atom stereocenters. The van der Waals surface area contributed by atoms with E-state index in [-0.39, 0.29) is 6.61 Å². The van der Waals surface area contributed by atoms with Gasteiger partial charge < -0.3 is 14.6 Å². The summed E-state index contributed by atoms with van der Waals surface area (Å²) in [5, 5.41) is 14.8. The highest BCUT2D eigenvalue weighted by Crippen LogP contribution is 2.25. The minimum atomic E-state index is -0.865. The standard InChI is InChI=1S/C15H25N3O4/c1-5-18-11(6-7-16-18)13(19)12-10-21-9-8-17(12)14(20)22-15(2,3)4/h6-7,12-13,19H,5,8-10H2,1-4H3. The molecule has 1 aromatic heterocycles. The number of carbonyl (C=O) groups is 1. The predicted molar refractivity (Wildman–Crippen MR) is 80.4 cm³/mol. The zero-order valence-electron chi connectivity index (χ0n) is 13.7. The number of aromatic nitrogens is 2. The van der Waals surface area contributed by atoms with E-state index in [4.69, 9.17) is 9.47 Å². The molecule has 7 nitrogen and oxygen atoms in total. The van der Waals surface area contributed by atoms with Crippen LogP contribution in [0.5, 0.6) is 0 Å². The van der Waals surface area contributed by atoms with Gasteiger partial charge >= 0.3 is 6.09 Å². The van der Waals surface area contributed by atoms with E-state index in [1.165, 1.54) is 0 Å². The summed E-state index contributed by atoms with van der Waals surface area (Å²) in [6, 6.07) is 1.28. The number of carbonyl (C=O) groups excluding carboxylic acids is 1. The van der Waals surface area contributed by atoms with Crippen LogP contribution in [0.2, 0.25) is 0 Å². The molecule has 2 atom stereocenters. The minimum Gasteiger partial charge on any atom is -0.444 e. The molecule has 7 heteroatoms. The number of morpholine rings is 1. The van der Waals surface area contributed by atoms with Gasteiger partial charge in [-0.05, 0) is 33.8 Å². The third-order valence-electron chi connectivity index (χ3n) is 3.51. The highest BCUT2D eigenvalue weighted by atomic mass is 16.6. The predicted octanol–water partition coefficient (Wildman–Crippen LogP) is 1.57. The normalized spacial score (nSPS) is 20.8. The Hall–Kier alpha value is -1.60. The van der Waals surface area contributed by atoms with Crippen molar-refractivity contribution in [1.29, 1.82) is 0 Å². The van der Waals surface area contributed by atoms with Gasteiger partial charge in [0.1, 0.15) is 11.7 Å². The maximum absolute atomic E-state index is 12.4. The summed E-state index contributed by atoms with van der Waals surface area (Å²) < 4.78 is 12.6. The Balaban J connectivity index is 2.17. The maximum atomic E-state index is 12.4. The first-order valence-electron chi connectivity index (χ1n) is 7.60. The van der Waals surface area contributed by atoms with Crippen molar-refractivity contribution in [3.8, 4) is 0 Å². The molecule has 124 valence electrons. The number of amides is 1. The summed E-state index contributed by atoms with van der Waals surface area (Å²) in [7, 11) is 0. The van der Waals surface area contributed by atoms with E-state index >= 15 is 0 Å². The van der Waals surface area contributed by atoms with Crippen molar-refractivity contribution >= 4 is 6.09 Å². The van der Waals surface area contributed by atoms with Gasteiger partial charge in [-0.1, -0.05) is 0 Å². The van der Waals surface area contributed by atoms with E-state index in [9.17, 15) is 9.90 Å². The van der Waals surface area contributed by atoms with Crippen LogP contribution < -0.4 is 0 Å². The Labute approximate surface area is 130 Å². The second-order valence-electron chi connectivity index (χ2n) is 6.33. The zero-order valence-corrected chi connectivity index (χ0v) is 13.7. The van der Waals surface area contributed by atoms with Crippen molar-refractivity contribution in [3.05, 3.63) is 18.0 Å². The molecular formula is C15H25N3O4. The van der Waals surface area contributed by atoms with Crippen molar-refractivity contribution in [1.82, 2.24) is 14.7 Å². The fourth-order valence-corrected chi connectivity index (χ4v) is 2.49. The summed E-state index contributed by atoms with van der Waals surface area (Å²) in [5.74, 6) is 0. The Morgan fingerprint density at radius 1 is 1.59 bits per heavy atom. The highest BCUT2D eigenvalue weighted by molar-refractivity contribution is 5.68. The molecule has 1 fully saturated rings. The molecule has 1 aliphatic heterocycles. The summed E-state index contributed by atoms with van der Waals surface area (Å²) in [6.07, 6.45) is 0.349. The summed E-state index contributed by atoms with van der Waals surface area (Å²) >= 11 is 0. The van der Waals surface area contributed by atoms with Crippen molar-refractivity contribution < 1.29 is 19.4 Å². The van der Waals surface area contributed by atoms with E-state index in [0.717, 1.165) is 0 Å². The van der Waals surface area contributed by atoms with Crippen LogP contribution in [0.3, 0.4) is 0 Å². The third kappa shape index (κ3) is 3.78. The van der Waals surface area contributed by atoms with Crippen LogP contribution in [0.1, 0.15) is 39.5 Å². The number of ether oxygens (including phenoxy) is 2. The number of hydrogen-bond donors (Lipinski definition) is 1. The van der Waals surface area contributed by atoms with Gasteiger partial charge in [0.2, 0.25) is 0 Å². The molecule has 0 aliphatic carbocycles. The largest absolute Gasteiger partial charge is 0.444 e. The lowest BCUT2D eigenvalue weighted by Crippen LogP contribution is -2.53. The SMILES string of the molecule is CCn1nccc1C(O)C1COCCN1C(=O)OC(C)(C)C. The molecule has 0 spiro atoms. The zero-order chi connectivity index (χ0) is 16.3. The van der Waals surface area contributed by atoms with E-state index in [0.29, 0.717) is 25.4 Å². The maximum Gasteiger partial charge on any atom is 0.410 e. The van der Waals surface area contributed by atoms with Crippen LogP contribution in [0.4, 0.5) is 4.79 Å². The van der Waals surface area contributed by atoms with Gasteiger partial charge in [-0.25, -0.2) is 4.79 Å². The van der Waals surface area contributed by atoms with Gasteiger partial charge in [-0.3, -0.25) is 9.58 Å². The van der Waals surface area contributed by atoms with Gasteiger partial charge in [0.05, 0.1) is 24.9 Å². The van der Waals surface area contributed by atoms with Crippen LogP contribution in [0.15, 0.2) is 12.3 Å². The van der Waals surface area contributed by atoms with Crippen molar-refractivity contribution in [2.45, 2.75) is 52.0 Å². The van der Waals surface area contributed by atoms with Crippen molar-refractivity contribution in [2.75, 3.05) is 19.8 Å². The third-order valence-corrected chi connectivity index (χ3v) is 3.51. The first kappa shape index (κ1) is 16.8. The molecule has 2 heterocycles. The number of aliphatic hydroxyl groups is 1. The number of aliphatic hydroxyl groups excluding tert-OH is 1. The van der Waals surface area contributed by atoms with Gasteiger partial charge in [-0.2, -0.15) is 5.10 Å². The molecule has 0 bridgehead atoms. The lowest BCUT2D eigenvalue weighted by molar-refractivity contribution is -0.0689.